The number of rotatable bonds is 2. The minimum atomic E-state index is 0.111. The number of hydrogen-bond acceptors (Lipinski definition) is 3. The highest BCUT2D eigenvalue weighted by Crippen LogP contribution is 1.99. The highest BCUT2D eigenvalue weighted by atomic mass is 16.6. The molecule has 1 saturated heterocycles. The third kappa shape index (κ3) is 1.47. The summed E-state index contributed by atoms with van der Waals surface area (Å²) < 4.78 is 14.5. The molecule has 1 aliphatic rings. The van der Waals surface area contributed by atoms with Crippen molar-refractivity contribution in [2.24, 2.45) is 0 Å². The predicted octanol–water partition coefficient (Wildman–Crippen LogP) is -0.418. The Labute approximate surface area is 49.2 Å². The van der Waals surface area contributed by atoms with Crippen LogP contribution in [0, 0.1) is 0 Å². The summed E-state index contributed by atoms with van der Waals surface area (Å²) in [6, 6.07) is 0. The van der Waals surface area contributed by atoms with Gasteiger partial charge in [0, 0.05) is 7.11 Å². The second-order valence-electron chi connectivity index (χ2n) is 1.64. The van der Waals surface area contributed by atoms with Crippen molar-refractivity contribution < 1.29 is 14.0 Å². The number of ether oxygens (including phenoxy) is 1. The quantitative estimate of drug-likeness (QED) is 0.457. The molecule has 3 nitrogen and oxygen atoms in total. The van der Waals surface area contributed by atoms with Crippen molar-refractivity contribution in [1.82, 2.24) is 0 Å². The highest BCUT2D eigenvalue weighted by molar-refractivity contribution is 6.18. The van der Waals surface area contributed by atoms with Crippen LogP contribution in [0.3, 0.4) is 0 Å². The number of hydrogen-bond donors (Lipinski definition) is 0. The van der Waals surface area contributed by atoms with Gasteiger partial charge >= 0.3 is 7.69 Å². The Kier molecular flexibility index (Phi) is 2.33. The molecule has 1 atom stereocenters. The molecule has 0 aliphatic carbocycles. The topological polar surface area (TPSA) is 27.7 Å². The predicted molar refractivity (Wildman–Crippen MR) is 28.5 cm³/mol. The molecule has 0 spiro atoms. The summed E-state index contributed by atoms with van der Waals surface area (Å²) in [5.41, 5.74) is 0. The van der Waals surface area contributed by atoms with Crippen molar-refractivity contribution >= 4 is 7.69 Å². The molecule has 8 heavy (non-hydrogen) atoms. The lowest BCUT2D eigenvalue weighted by Gasteiger charge is -2.04. The fraction of sp³-hybridized carbons (Fsp3) is 1.00. The van der Waals surface area contributed by atoms with Crippen LogP contribution in [0.2, 0.25) is 0 Å². The van der Waals surface area contributed by atoms with E-state index in [0.29, 0.717) is 13.2 Å². The summed E-state index contributed by atoms with van der Waals surface area (Å²) in [6.07, 6.45) is 0.111. The summed E-state index contributed by atoms with van der Waals surface area (Å²) >= 11 is 0. The van der Waals surface area contributed by atoms with Gasteiger partial charge in [0.25, 0.3) is 0 Å². The molecular formula is C4H8BO3. The van der Waals surface area contributed by atoms with Gasteiger partial charge in [-0.2, -0.15) is 0 Å². The van der Waals surface area contributed by atoms with Gasteiger partial charge in [-0.3, -0.25) is 0 Å². The molecule has 1 rings (SSSR count). The second-order valence-corrected chi connectivity index (χ2v) is 1.64. The van der Waals surface area contributed by atoms with Gasteiger partial charge in [-0.1, -0.05) is 0 Å². The molecule has 0 saturated carbocycles. The smallest absolute Gasteiger partial charge is 0.410 e. The van der Waals surface area contributed by atoms with Gasteiger partial charge in [-0.05, 0) is 0 Å². The SMILES string of the molecule is COC[C@@H]1CO[B]O1. The third-order valence-electron chi connectivity index (χ3n) is 0.951. The molecule has 1 heterocycles. The summed E-state index contributed by atoms with van der Waals surface area (Å²) in [6.45, 7) is 1.23. The molecular weight excluding hydrogens is 107 g/mol. The lowest BCUT2D eigenvalue weighted by atomic mass is 10.4. The van der Waals surface area contributed by atoms with Crippen molar-refractivity contribution in [3.05, 3.63) is 0 Å². The van der Waals surface area contributed by atoms with Crippen LogP contribution in [0.25, 0.3) is 0 Å². The van der Waals surface area contributed by atoms with Crippen LogP contribution >= 0.6 is 0 Å². The average molecular weight is 115 g/mol. The first-order valence-electron chi connectivity index (χ1n) is 2.51. The van der Waals surface area contributed by atoms with Crippen LogP contribution in [0.1, 0.15) is 0 Å². The Hall–Kier alpha value is -0.0551. The van der Waals surface area contributed by atoms with E-state index in [0.717, 1.165) is 0 Å². The zero-order valence-electron chi connectivity index (χ0n) is 4.79. The van der Waals surface area contributed by atoms with Gasteiger partial charge in [-0.15, -0.1) is 0 Å². The van der Waals surface area contributed by atoms with Crippen LogP contribution in [-0.2, 0) is 14.0 Å². The summed E-state index contributed by atoms with van der Waals surface area (Å²) in [5.74, 6) is 0. The zero-order valence-corrected chi connectivity index (χ0v) is 4.79. The van der Waals surface area contributed by atoms with Gasteiger partial charge in [0.1, 0.15) is 0 Å². The number of methoxy groups -OCH3 is 1. The van der Waals surface area contributed by atoms with E-state index in [1.165, 1.54) is 7.69 Å². The Morgan fingerprint density at radius 2 is 2.75 bits per heavy atom. The molecule has 0 amide bonds. The molecule has 0 aromatic carbocycles. The molecule has 0 N–H and O–H groups in total. The third-order valence-corrected chi connectivity index (χ3v) is 0.951. The molecule has 1 aliphatic heterocycles. The highest BCUT2D eigenvalue weighted by Gasteiger charge is 2.16. The Balaban J connectivity index is 2.06. The molecule has 0 unspecified atom stereocenters. The first kappa shape index (κ1) is 6.07. The van der Waals surface area contributed by atoms with Crippen molar-refractivity contribution in [2.75, 3.05) is 20.3 Å². The van der Waals surface area contributed by atoms with Gasteiger partial charge in [0.15, 0.2) is 0 Å². The van der Waals surface area contributed by atoms with E-state index in [2.05, 4.69) is 0 Å². The molecule has 0 aromatic heterocycles. The average Bonchev–Trinajstić information content (AvgIpc) is 2.19. The van der Waals surface area contributed by atoms with Crippen molar-refractivity contribution in [3.63, 3.8) is 0 Å². The summed E-state index contributed by atoms with van der Waals surface area (Å²) in [4.78, 5) is 0. The zero-order chi connectivity index (χ0) is 5.82. The van der Waals surface area contributed by atoms with E-state index < -0.39 is 0 Å². The molecule has 1 radical (unpaired) electrons. The molecule has 45 valence electrons. The fourth-order valence-electron chi connectivity index (χ4n) is 0.577. The van der Waals surface area contributed by atoms with E-state index in [1.54, 1.807) is 7.11 Å². The van der Waals surface area contributed by atoms with Gasteiger partial charge in [0.2, 0.25) is 0 Å². The lowest BCUT2D eigenvalue weighted by Crippen LogP contribution is -2.16. The van der Waals surface area contributed by atoms with Crippen molar-refractivity contribution in [3.8, 4) is 0 Å². The van der Waals surface area contributed by atoms with E-state index >= 15 is 0 Å². The summed E-state index contributed by atoms with van der Waals surface area (Å²) in [5, 5.41) is 0. The van der Waals surface area contributed by atoms with Crippen molar-refractivity contribution in [1.29, 1.82) is 0 Å². The van der Waals surface area contributed by atoms with E-state index in [9.17, 15) is 0 Å². The van der Waals surface area contributed by atoms with Crippen molar-refractivity contribution in [2.45, 2.75) is 6.10 Å². The van der Waals surface area contributed by atoms with Gasteiger partial charge in [-0.25, -0.2) is 0 Å². The Morgan fingerprint density at radius 1 is 1.88 bits per heavy atom. The van der Waals surface area contributed by atoms with Crippen LogP contribution in [-0.4, -0.2) is 34.1 Å². The maximum Gasteiger partial charge on any atom is 0.488 e. The fourth-order valence-corrected chi connectivity index (χ4v) is 0.577. The molecule has 0 bridgehead atoms. The normalized spacial score (nSPS) is 27.9. The standard InChI is InChI=1S/C4H8BO3/c1-6-2-4-3-7-5-8-4/h4H,2-3H2,1H3/t4-/m1/s1. The van der Waals surface area contributed by atoms with Crippen LogP contribution in [0.4, 0.5) is 0 Å². The first-order valence-corrected chi connectivity index (χ1v) is 2.51. The Morgan fingerprint density at radius 3 is 3.25 bits per heavy atom. The van der Waals surface area contributed by atoms with E-state index in [1.807, 2.05) is 0 Å². The van der Waals surface area contributed by atoms with Crippen LogP contribution in [0.15, 0.2) is 0 Å². The largest absolute Gasteiger partial charge is 0.488 e. The minimum Gasteiger partial charge on any atom is -0.410 e. The Bertz CT molecular complexity index is 62.3. The monoisotopic (exact) mass is 115 g/mol. The van der Waals surface area contributed by atoms with Crippen LogP contribution in [0.5, 0.6) is 0 Å². The van der Waals surface area contributed by atoms with Crippen LogP contribution < -0.4 is 0 Å². The first-order chi connectivity index (χ1) is 3.93. The molecule has 1 fully saturated rings. The molecule has 4 heteroatoms. The van der Waals surface area contributed by atoms with E-state index in [-0.39, 0.29) is 6.10 Å². The second kappa shape index (κ2) is 3.07. The lowest BCUT2D eigenvalue weighted by molar-refractivity contribution is 0.0949. The van der Waals surface area contributed by atoms with E-state index in [4.69, 9.17) is 14.0 Å². The molecule has 0 aromatic rings. The minimum absolute atomic E-state index is 0.111. The summed E-state index contributed by atoms with van der Waals surface area (Å²) in [7, 11) is 2.99. The maximum absolute atomic E-state index is 4.92. The maximum atomic E-state index is 4.92. The van der Waals surface area contributed by atoms with Gasteiger partial charge in [0.05, 0.1) is 19.3 Å². The van der Waals surface area contributed by atoms with Gasteiger partial charge < -0.3 is 14.0 Å².